The standard InChI is InChI=1S/C22H25NO5/c1-14(18-13-16-7-5-6-8-17(16)28-18)23-21(24)10-9-15-11-19(25-2)22(27-4)20(12-15)26-3/h5-8,11-14H,9-10H2,1-4H3,(H,23,24)/t14-/m0/s1. The molecule has 1 N–H and O–H groups in total. The average molecular weight is 383 g/mol. The van der Waals surface area contributed by atoms with Crippen LogP contribution in [0.3, 0.4) is 0 Å². The van der Waals surface area contributed by atoms with Crippen LogP contribution in [0.2, 0.25) is 0 Å². The first kappa shape index (κ1) is 19.6. The van der Waals surface area contributed by atoms with Gasteiger partial charge in [-0.15, -0.1) is 0 Å². The Kier molecular flexibility index (Phi) is 6.09. The second-order valence-corrected chi connectivity index (χ2v) is 6.51. The number of rotatable bonds is 8. The van der Waals surface area contributed by atoms with Gasteiger partial charge in [-0.05, 0) is 43.2 Å². The highest BCUT2D eigenvalue weighted by Gasteiger charge is 2.16. The molecular formula is C22H25NO5. The van der Waals surface area contributed by atoms with E-state index in [1.807, 2.05) is 49.4 Å². The Morgan fingerprint density at radius 2 is 1.71 bits per heavy atom. The van der Waals surface area contributed by atoms with E-state index in [4.69, 9.17) is 18.6 Å². The van der Waals surface area contributed by atoms with Gasteiger partial charge in [-0.25, -0.2) is 0 Å². The van der Waals surface area contributed by atoms with E-state index < -0.39 is 0 Å². The topological polar surface area (TPSA) is 69.9 Å². The molecule has 0 aliphatic heterocycles. The van der Waals surface area contributed by atoms with E-state index in [9.17, 15) is 4.79 Å². The molecule has 0 saturated carbocycles. The number of nitrogens with one attached hydrogen (secondary N) is 1. The molecule has 0 saturated heterocycles. The van der Waals surface area contributed by atoms with Gasteiger partial charge in [0.25, 0.3) is 0 Å². The lowest BCUT2D eigenvalue weighted by atomic mass is 10.1. The van der Waals surface area contributed by atoms with Gasteiger partial charge in [-0.2, -0.15) is 0 Å². The highest BCUT2D eigenvalue weighted by molar-refractivity contribution is 5.79. The van der Waals surface area contributed by atoms with Crippen LogP contribution in [0.5, 0.6) is 17.2 Å². The first-order valence-electron chi connectivity index (χ1n) is 9.12. The van der Waals surface area contributed by atoms with E-state index in [2.05, 4.69) is 5.32 Å². The largest absolute Gasteiger partial charge is 0.493 e. The van der Waals surface area contributed by atoms with Gasteiger partial charge in [0.05, 0.1) is 27.4 Å². The molecule has 0 aliphatic rings. The number of benzene rings is 2. The molecular weight excluding hydrogens is 358 g/mol. The van der Waals surface area contributed by atoms with Crippen molar-refractivity contribution < 1.29 is 23.4 Å². The van der Waals surface area contributed by atoms with Crippen molar-refractivity contribution in [1.82, 2.24) is 5.32 Å². The van der Waals surface area contributed by atoms with E-state index >= 15 is 0 Å². The third kappa shape index (κ3) is 4.22. The number of fused-ring (bicyclic) bond motifs is 1. The zero-order valence-electron chi connectivity index (χ0n) is 16.6. The number of hydrogen-bond acceptors (Lipinski definition) is 5. The molecule has 0 fully saturated rings. The number of aryl methyl sites for hydroxylation is 1. The van der Waals surface area contributed by atoms with Crippen molar-refractivity contribution >= 4 is 16.9 Å². The number of carbonyl (C=O) groups is 1. The Labute approximate surface area is 164 Å². The van der Waals surface area contributed by atoms with Crippen LogP contribution in [0.1, 0.15) is 30.7 Å². The molecule has 1 heterocycles. The molecule has 3 rings (SSSR count). The Hall–Kier alpha value is -3.15. The van der Waals surface area contributed by atoms with E-state index in [0.717, 1.165) is 22.3 Å². The zero-order valence-corrected chi connectivity index (χ0v) is 16.6. The Morgan fingerprint density at radius 1 is 1.04 bits per heavy atom. The van der Waals surface area contributed by atoms with Crippen LogP contribution in [0.15, 0.2) is 46.9 Å². The van der Waals surface area contributed by atoms with Crippen LogP contribution in [-0.2, 0) is 11.2 Å². The fourth-order valence-corrected chi connectivity index (χ4v) is 3.14. The van der Waals surface area contributed by atoms with Gasteiger partial charge in [-0.3, -0.25) is 4.79 Å². The highest BCUT2D eigenvalue weighted by Crippen LogP contribution is 2.38. The fourth-order valence-electron chi connectivity index (χ4n) is 3.14. The summed E-state index contributed by atoms with van der Waals surface area (Å²) in [5, 5.41) is 4.01. The summed E-state index contributed by atoms with van der Waals surface area (Å²) in [5.74, 6) is 2.38. The molecule has 6 nitrogen and oxygen atoms in total. The molecule has 0 aliphatic carbocycles. The predicted molar refractivity (Wildman–Crippen MR) is 107 cm³/mol. The Bertz CT molecular complexity index is 904. The molecule has 1 aromatic heterocycles. The summed E-state index contributed by atoms with van der Waals surface area (Å²) in [7, 11) is 4.71. The van der Waals surface area contributed by atoms with Crippen LogP contribution in [0, 0.1) is 0 Å². The molecule has 0 bridgehead atoms. The van der Waals surface area contributed by atoms with Gasteiger partial charge in [-0.1, -0.05) is 18.2 Å². The fraction of sp³-hybridized carbons (Fsp3) is 0.318. The molecule has 1 amide bonds. The second-order valence-electron chi connectivity index (χ2n) is 6.51. The molecule has 28 heavy (non-hydrogen) atoms. The summed E-state index contributed by atoms with van der Waals surface area (Å²) in [6.07, 6.45) is 0.888. The lowest BCUT2D eigenvalue weighted by Gasteiger charge is -2.15. The van der Waals surface area contributed by atoms with Crippen molar-refractivity contribution in [1.29, 1.82) is 0 Å². The van der Waals surface area contributed by atoms with E-state index in [1.54, 1.807) is 21.3 Å². The monoisotopic (exact) mass is 383 g/mol. The zero-order chi connectivity index (χ0) is 20.1. The maximum absolute atomic E-state index is 12.4. The lowest BCUT2D eigenvalue weighted by Crippen LogP contribution is -2.26. The van der Waals surface area contributed by atoms with Crippen LogP contribution < -0.4 is 19.5 Å². The normalized spacial score (nSPS) is 11.9. The maximum atomic E-state index is 12.4. The molecule has 6 heteroatoms. The molecule has 0 radical (unpaired) electrons. The number of carbonyl (C=O) groups excluding carboxylic acids is 1. The summed E-state index contributed by atoms with van der Waals surface area (Å²) >= 11 is 0. The van der Waals surface area contributed by atoms with Gasteiger partial charge < -0.3 is 23.9 Å². The Morgan fingerprint density at radius 3 is 2.32 bits per heavy atom. The first-order chi connectivity index (χ1) is 13.5. The number of methoxy groups -OCH3 is 3. The van der Waals surface area contributed by atoms with E-state index in [-0.39, 0.29) is 11.9 Å². The number of furan rings is 1. The van der Waals surface area contributed by atoms with Crippen LogP contribution in [-0.4, -0.2) is 27.2 Å². The summed E-state index contributed by atoms with van der Waals surface area (Å²) in [4.78, 5) is 12.4. The summed E-state index contributed by atoms with van der Waals surface area (Å²) in [6, 6.07) is 13.3. The average Bonchev–Trinajstić information content (AvgIpc) is 3.15. The number of ether oxygens (including phenoxy) is 3. The minimum absolute atomic E-state index is 0.0540. The van der Waals surface area contributed by atoms with Gasteiger partial charge in [0.1, 0.15) is 11.3 Å². The lowest BCUT2D eigenvalue weighted by molar-refractivity contribution is -0.121. The Balaban J connectivity index is 1.63. The van der Waals surface area contributed by atoms with Crippen molar-refractivity contribution in [3.8, 4) is 17.2 Å². The highest BCUT2D eigenvalue weighted by atomic mass is 16.5. The van der Waals surface area contributed by atoms with Crippen molar-refractivity contribution in [2.45, 2.75) is 25.8 Å². The maximum Gasteiger partial charge on any atom is 0.220 e. The second kappa shape index (κ2) is 8.69. The van der Waals surface area contributed by atoms with Gasteiger partial charge in [0, 0.05) is 11.8 Å². The quantitative estimate of drug-likeness (QED) is 0.629. The van der Waals surface area contributed by atoms with E-state index in [0.29, 0.717) is 30.1 Å². The third-order valence-electron chi connectivity index (χ3n) is 4.61. The first-order valence-corrected chi connectivity index (χ1v) is 9.12. The molecule has 3 aromatic rings. The molecule has 2 aromatic carbocycles. The summed E-state index contributed by atoms with van der Waals surface area (Å²) in [5.41, 5.74) is 1.75. The molecule has 0 unspecified atom stereocenters. The smallest absolute Gasteiger partial charge is 0.220 e. The predicted octanol–water partition coefficient (Wildman–Crippen LogP) is 4.27. The van der Waals surface area contributed by atoms with Crippen molar-refractivity contribution in [3.05, 3.63) is 53.8 Å². The van der Waals surface area contributed by atoms with Gasteiger partial charge in [0.2, 0.25) is 11.7 Å². The van der Waals surface area contributed by atoms with Gasteiger partial charge in [0.15, 0.2) is 11.5 Å². The third-order valence-corrected chi connectivity index (χ3v) is 4.61. The molecule has 1 atom stereocenters. The van der Waals surface area contributed by atoms with Gasteiger partial charge >= 0.3 is 0 Å². The number of hydrogen-bond donors (Lipinski definition) is 1. The van der Waals surface area contributed by atoms with Crippen LogP contribution in [0.25, 0.3) is 11.0 Å². The molecule has 0 spiro atoms. The van der Waals surface area contributed by atoms with Crippen LogP contribution >= 0.6 is 0 Å². The minimum Gasteiger partial charge on any atom is -0.493 e. The summed E-state index contributed by atoms with van der Waals surface area (Å²) < 4.78 is 21.9. The van der Waals surface area contributed by atoms with Crippen molar-refractivity contribution in [2.24, 2.45) is 0 Å². The van der Waals surface area contributed by atoms with Crippen molar-refractivity contribution in [3.63, 3.8) is 0 Å². The SMILES string of the molecule is COc1cc(CCC(=O)N[C@@H](C)c2cc3ccccc3o2)cc(OC)c1OC. The number of amides is 1. The van der Waals surface area contributed by atoms with E-state index in [1.165, 1.54) is 0 Å². The number of para-hydroxylation sites is 1. The van der Waals surface area contributed by atoms with Crippen LogP contribution in [0.4, 0.5) is 0 Å². The summed E-state index contributed by atoms with van der Waals surface area (Å²) in [6.45, 7) is 1.91. The minimum atomic E-state index is -0.208. The van der Waals surface area contributed by atoms with Crippen molar-refractivity contribution in [2.75, 3.05) is 21.3 Å². The molecule has 148 valence electrons.